The molecule has 2 heterocycles. The number of esters is 1. The third-order valence-corrected chi connectivity index (χ3v) is 5.82. The molecular weight excluding hydrogens is 368 g/mol. The second kappa shape index (κ2) is 11.0. The van der Waals surface area contributed by atoms with Crippen LogP contribution in [0.2, 0.25) is 0 Å². The fourth-order valence-electron chi connectivity index (χ4n) is 4.63. The summed E-state index contributed by atoms with van der Waals surface area (Å²) in [7, 11) is 0. The first kappa shape index (κ1) is 22.9. The summed E-state index contributed by atoms with van der Waals surface area (Å²) >= 11 is 0. The smallest absolute Gasteiger partial charge is 0.308 e. The molecule has 6 nitrogen and oxygen atoms in total. The molecule has 3 fully saturated rings. The van der Waals surface area contributed by atoms with Gasteiger partial charge in [0.05, 0.1) is 30.8 Å². The average Bonchev–Trinajstić information content (AvgIpc) is 3.14. The summed E-state index contributed by atoms with van der Waals surface area (Å²) in [5.74, 6) is 0.0290. The highest BCUT2D eigenvalue weighted by Crippen LogP contribution is 2.30. The molecule has 2 saturated heterocycles. The van der Waals surface area contributed by atoms with Gasteiger partial charge in [-0.2, -0.15) is 0 Å². The van der Waals surface area contributed by atoms with E-state index in [0.29, 0.717) is 6.61 Å². The van der Waals surface area contributed by atoms with Gasteiger partial charge < -0.3 is 14.2 Å². The Morgan fingerprint density at radius 2 is 1.63 bits per heavy atom. The number of carbonyl (C=O) groups is 1. The second-order valence-corrected chi connectivity index (χ2v) is 8.14. The standard InChI is InChI=1S/C20H36N2O4.ClH/c1-4-24-19(23)17-7-9-18(10-8-17)26-20(21-11-5-6-12-21)22-13-15(2)25-16(3)14-22;/h15-18,20H,4-14H2,1-3H3;1H. The molecule has 158 valence electrons. The quantitative estimate of drug-likeness (QED) is 0.634. The third-order valence-electron chi connectivity index (χ3n) is 5.82. The molecule has 0 aromatic heterocycles. The first-order chi connectivity index (χ1) is 12.6. The van der Waals surface area contributed by atoms with Crippen molar-refractivity contribution in [2.24, 2.45) is 5.92 Å². The summed E-state index contributed by atoms with van der Waals surface area (Å²) < 4.78 is 17.7. The lowest BCUT2D eigenvalue weighted by Gasteiger charge is -2.44. The van der Waals surface area contributed by atoms with Crippen LogP contribution in [0.5, 0.6) is 0 Å². The predicted molar refractivity (Wildman–Crippen MR) is 107 cm³/mol. The van der Waals surface area contributed by atoms with Crippen LogP contribution < -0.4 is 0 Å². The van der Waals surface area contributed by atoms with Crippen LogP contribution in [0, 0.1) is 5.92 Å². The molecule has 0 radical (unpaired) electrons. The topological polar surface area (TPSA) is 51.2 Å². The fraction of sp³-hybridized carbons (Fsp3) is 0.950. The van der Waals surface area contributed by atoms with Crippen molar-refractivity contribution in [1.29, 1.82) is 0 Å². The van der Waals surface area contributed by atoms with Gasteiger partial charge in [-0.05, 0) is 59.3 Å². The van der Waals surface area contributed by atoms with Crippen LogP contribution in [-0.2, 0) is 19.0 Å². The van der Waals surface area contributed by atoms with Crippen molar-refractivity contribution in [3.63, 3.8) is 0 Å². The van der Waals surface area contributed by atoms with Gasteiger partial charge in [0.2, 0.25) is 0 Å². The molecule has 2 aliphatic heterocycles. The molecule has 0 spiro atoms. The van der Waals surface area contributed by atoms with E-state index in [4.69, 9.17) is 14.2 Å². The lowest BCUT2D eigenvalue weighted by Crippen LogP contribution is -2.57. The Hall–Kier alpha value is -0.400. The third kappa shape index (κ3) is 6.29. The summed E-state index contributed by atoms with van der Waals surface area (Å²) in [5, 5.41) is 0. The van der Waals surface area contributed by atoms with Gasteiger partial charge in [-0.3, -0.25) is 14.6 Å². The van der Waals surface area contributed by atoms with Gasteiger partial charge in [-0.1, -0.05) is 0 Å². The molecule has 0 N–H and O–H groups in total. The molecule has 1 saturated carbocycles. The van der Waals surface area contributed by atoms with E-state index in [1.54, 1.807) is 0 Å². The summed E-state index contributed by atoms with van der Waals surface area (Å²) in [4.78, 5) is 16.9. The van der Waals surface area contributed by atoms with E-state index in [-0.39, 0.29) is 49.0 Å². The van der Waals surface area contributed by atoms with Gasteiger partial charge in [0.15, 0.2) is 6.35 Å². The molecule has 0 aromatic carbocycles. The number of rotatable bonds is 6. The molecule has 0 amide bonds. The maximum Gasteiger partial charge on any atom is 0.308 e. The summed E-state index contributed by atoms with van der Waals surface area (Å²) in [6.07, 6.45) is 6.94. The van der Waals surface area contributed by atoms with Crippen LogP contribution in [0.4, 0.5) is 0 Å². The maximum absolute atomic E-state index is 12.0. The number of hydrogen-bond acceptors (Lipinski definition) is 6. The Morgan fingerprint density at radius 1 is 1.04 bits per heavy atom. The van der Waals surface area contributed by atoms with E-state index in [1.807, 2.05) is 6.92 Å². The first-order valence-corrected chi connectivity index (χ1v) is 10.5. The minimum atomic E-state index is -0.0297. The highest BCUT2D eigenvalue weighted by Gasteiger charge is 2.36. The van der Waals surface area contributed by atoms with E-state index in [0.717, 1.165) is 51.9 Å². The number of halogens is 1. The molecule has 1 aliphatic carbocycles. The Bertz CT molecular complexity index is 443. The fourth-order valence-corrected chi connectivity index (χ4v) is 4.63. The van der Waals surface area contributed by atoms with Crippen LogP contribution in [-0.4, -0.2) is 73.2 Å². The van der Waals surface area contributed by atoms with Gasteiger partial charge in [-0.25, -0.2) is 0 Å². The second-order valence-electron chi connectivity index (χ2n) is 8.14. The maximum atomic E-state index is 12.0. The van der Waals surface area contributed by atoms with E-state index in [2.05, 4.69) is 23.6 Å². The van der Waals surface area contributed by atoms with Crippen molar-refractivity contribution in [2.45, 2.75) is 84.0 Å². The normalized spacial score (nSPS) is 34.0. The number of ether oxygens (including phenoxy) is 3. The number of likely N-dealkylation sites (tertiary alicyclic amines) is 1. The Morgan fingerprint density at radius 3 is 2.19 bits per heavy atom. The molecule has 3 atom stereocenters. The largest absolute Gasteiger partial charge is 0.466 e. The Balaban J connectivity index is 0.00000261. The van der Waals surface area contributed by atoms with Crippen molar-refractivity contribution < 1.29 is 19.0 Å². The van der Waals surface area contributed by atoms with Crippen LogP contribution in [0.15, 0.2) is 0 Å². The Labute approximate surface area is 170 Å². The zero-order valence-electron chi connectivity index (χ0n) is 17.1. The molecule has 0 bridgehead atoms. The highest BCUT2D eigenvalue weighted by atomic mass is 35.5. The number of nitrogens with zero attached hydrogens (tertiary/aromatic N) is 2. The van der Waals surface area contributed by atoms with Gasteiger partial charge in [0.1, 0.15) is 0 Å². The minimum absolute atomic E-state index is 0. The molecule has 3 aliphatic rings. The predicted octanol–water partition coefficient (Wildman–Crippen LogP) is 3.04. The summed E-state index contributed by atoms with van der Waals surface area (Å²) in [6, 6.07) is 0. The van der Waals surface area contributed by atoms with Gasteiger partial charge >= 0.3 is 5.97 Å². The lowest BCUT2D eigenvalue weighted by atomic mass is 9.87. The first-order valence-electron chi connectivity index (χ1n) is 10.5. The van der Waals surface area contributed by atoms with Crippen LogP contribution in [0.1, 0.15) is 59.3 Å². The number of hydrogen-bond donors (Lipinski definition) is 0. The molecule has 7 heteroatoms. The Kier molecular flexibility index (Phi) is 9.29. The zero-order chi connectivity index (χ0) is 18.5. The van der Waals surface area contributed by atoms with Crippen molar-refractivity contribution >= 4 is 18.4 Å². The number of carbonyl (C=O) groups excluding carboxylic acids is 1. The zero-order valence-corrected chi connectivity index (χ0v) is 17.9. The summed E-state index contributed by atoms with van der Waals surface area (Å²) in [6.45, 7) is 10.7. The SMILES string of the molecule is CCOC(=O)C1CCC(OC(N2CCCC2)N2CC(C)OC(C)C2)CC1.Cl. The summed E-state index contributed by atoms with van der Waals surface area (Å²) in [5.41, 5.74) is 0. The van der Waals surface area contributed by atoms with E-state index in [9.17, 15) is 4.79 Å². The van der Waals surface area contributed by atoms with E-state index in [1.165, 1.54) is 12.8 Å². The molecule has 27 heavy (non-hydrogen) atoms. The molecular formula is C20H37ClN2O4. The van der Waals surface area contributed by atoms with Crippen LogP contribution in [0.3, 0.4) is 0 Å². The highest BCUT2D eigenvalue weighted by molar-refractivity contribution is 5.85. The van der Waals surface area contributed by atoms with Crippen LogP contribution in [0.25, 0.3) is 0 Å². The van der Waals surface area contributed by atoms with Crippen molar-refractivity contribution in [3.8, 4) is 0 Å². The van der Waals surface area contributed by atoms with Gasteiger partial charge in [0, 0.05) is 26.2 Å². The average molecular weight is 405 g/mol. The van der Waals surface area contributed by atoms with Gasteiger partial charge in [-0.15, -0.1) is 12.4 Å². The van der Waals surface area contributed by atoms with Crippen molar-refractivity contribution in [3.05, 3.63) is 0 Å². The van der Waals surface area contributed by atoms with Crippen LogP contribution >= 0.6 is 12.4 Å². The number of morpholine rings is 1. The molecule has 3 unspecified atom stereocenters. The van der Waals surface area contributed by atoms with Crippen molar-refractivity contribution in [1.82, 2.24) is 9.80 Å². The lowest BCUT2D eigenvalue weighted by molar-refractivity contribution is -0.215. The van der Waals surface area contributed by atoms with E-state index >= 15 is 0 Å². The monoisotopic (exact) mass is 404 g/mol. The molecule has 3 rings (SSSR count). The van der Waals surface area contributed by atoms with Crippen molar-refractivity contribution in [2.75, 3.05) is 32.8 Å². The van der Waals surface area contributed by atoms with E-state index < -0.39 is 0 Å². The minimum Gasteiger partial charge on any atom is -0.466 e. The molecule has 0 aromatic rings. The van der Waals surface area contributed by atoms with Gasteiger partial charge in [0.25, 0.3) is 0 Å².